The fraction of sp³-hybridized carbons (Fsp3) is 0.455. The Hall–Kier alpha value is -2.80. The molecule has 0 bridgehead atoms. The molecule has 0 spiro atoms. The van der Waals surface area contributed by atoms with Gasteiger partial charge in [0.05, 0.1) is 33.8 Å². The maximum Gasteiger partial charge on any atom is 0.356 e. The van der Waals surface area contributed by atoms with Crippen molar-refractivity contribution in [1.29, 1.82) is 0 Å². The van der Waals surface area contributed by atoms with E-state index >= 15 is 0 Å². The van der Waals surface area contributed by atoms with Gasteiger partial charge in [0, 0.05) is 0 Å². The first-order chi connectivity index (χ1) is 13.9. The molecule has 0 aliphatic heterocycles. The first kappa shape index (κ1) is 22.5. The average molecular weight is 400 g/mol. The average Bonchev–Trinajstić information content (AvgIpc) is 2.74. The number of ether oxygens (including phenoxy) is 1. The normalized spacial score (nSPS) is 15.2. The largest absolute Gasteiger partial charge is 0.356 e. The Morgan fingerprint density at radius 3 is 1.34 bits per heavy atom. The molecule has 2 aromatic rings. The molecular weight excluding hydrogens is 372 g/mol. The molecule has 7 heteroatoms. The highest BCUT2D eigenvalue weighted by molar-refractivity contribution is 5.23. The van der Waals surface area contributed by atoms with E-state index in [9.17, 15) is 20.2 Å². The van der Waals surface area contributed by atoms with Crippen LogP contribution in [-0.4, -0.2) is 9.85 Å². The van der Waals surface area contributed by atoms with E-state index in [4.69, 9.17) is 4.74 Å². The molecule has 0 heterocycles. The van der Waals surface area contributed by atoms with Crippen LogP contribution in [0.3, 0.4) is 0 Å². The summed E-state index contributed by atoms with van der Waals surface area (Å²) in [7, 11) is 0. The molecule has 0 N–H and O–H groups in total. The van der Waals surface area contributed by atoms with Gasteiger partial charge in [-0.3, -0.25) is 20.2 Å². The molecule has 156 valence electrons. The number of unbranched alkanes of at least 4 members (excludes halogenated alkanes) is 2. The fourth-order valence-electron chi connectivity index (χ4n) is 3.49. The zero-order valence-electron chi connectivity index (χ0n) is 17.0. The Kier molecular flexibility index (Phi) is 7.84. The number of hydrogen-bond donors (Lipinski definition) is 0. The first-order valence-corrected chi connectivity index (χ1v) is 10.0. The summed E-state index contributed by atoms with van der Waals surface area (Å²) in [6, 6.07) is 16.7. The van der Waals surface area contributed by atoms with Gasteiger partial charge in [0.1, 0.15) is 0 Å². The van der Waals surface area contributed by atoms with Crippen LogP contribution in [0.25, 0.3) is 0 Å². The van der Waals surface area contributed by atoms with Crippen LogP contribution in [0, 0.1) is 20.2 Å². The van der Waals surface area contributed by atoms with E-state index in [1.54, 1.807) is 60.7 Å². The maximum atomic E-state index is 12.4. The predicted octanol–water partition coefficient (Wildman–Crippen LogP) is 5.64. The molecule has 0 fully saturated rings. The summed E-state index contributed by atoms with van der Waals surface area (Å²) < 4.78 is 6.13. The SMILES string of the molecule is CCCCC(OC(CCCC)(c1ccccc1)[N+](=O)[O-])(c1ccccc1)[N+](=O)[O-]. The molecule has 0 aromatic heterocycles. The quantitative estimate of drug-likeness (QED) is 0.261. The van der Waals surface area contributed by atoms with E-state index in [-0.39, 0.29) is 12.8 Å². The third kappa shape index (κ3) is 4.79. The third-order valence-electron chi connectivity index (χ3n) is 5.12. The van der Waals surface area contributed by atoms with Crippen molar-refractivity contribution in [2.24, 2.45) is 0 Å². The van der Waals surface area contributed by atoms with Gasteiger partial charge in [-0.2, -0.15) is 0 Å². The predicted molar refractivity (Wildman–Crippen MR) is 110 cm³/mol. The summed E-state index contributed by atoms with van der Waals surface area (Å²) in [5, 5.41) is 24.8. The van der Waals surface area contributed by atoms with Crippen LogP contribution in [0.2, 0.25) is 0 Å². The Balaban J connectivity index is 2.69. The zero-order valence-corrected chi connectivity index (χ0v) is 17.0. The highest BCUT2D eigenvalue weighted by Crippen LogP contribution is 2.43. The molecule has 2 rings (SSSR count). The van der Waals surface area contributed by atoms with Crippen molar-refractivity contribution in [2.45, 2.75) is 63.8 Å². The highest BCUT2D eigenvalue weighted by Gasteiger charge is 2.59. The molecule has 0 saturated carbocycles. The smallest absolute Gasteiger partial charge is 0.261 e. The Morgan fingerprint density at radius 1 is 0.724 bits per heavy atom. The Bertz CT molecular complexity index is 732. The lowest BCUT2D eigenvalue weighted by atomic mass is 9.92. The monoisotopic (exact) mass is 400 g/mol. The minimum atomic E-state index is -2.01. The van der Waals surface area contributed by atoms with Crippen molar-refractivity contribution in [3.63, 3.8) is 0 Å². The molecular formula is C22H28N2O5. The fourth-order valence-corrected chi connectivity index (χ4v) is 3.49. The van der Waals surface area contributed by atoms with Crippen LogP contribution < -0.4 is 0 Å². The van der Waals surface area contributed by atoms with Crippen LogP contribution in [0.4, 0.5) is 0 Å². The number of nitro groups is 2. The molecule has 0 amide bonds. The number of hydrogen-bond acceptors (Lipinski definition) is 5. The molecule has 0 aliphatic carbocycles. The number of nitrogens with zero attached hydrogens (tertiary/aromatic N) is 2. The van der Waals surface area contributed by atoms with Crippen LogP contribution >= 0.6 is 0 Å². The van der Waals surface area contributed by atoms with Crippen molar-refractivity contribution in [2.75, 3.05) is 0 Å². The number of rotatable bonds is 12. The molecule has 7 nitrogen and oxygen atoms in total. The second kappa shape index (κ2) is 10.1. The molecule has 2 unspecified atom stereocenters. The summed E-state index contributed by atoms with van der Waals surface area (Å²) in [6.07, 6.45) is 2.53. The molecule has 2 aromatic carbocycles. The zero-order chi connectivity index (χ0) is 21.3. The standard InChI is InChI=1S/C22H28N2O5/c1-3-5-17-21(23(25)26,19-13-9-7-10-14-19)29-22(24(27)28,18-6-4-2)20-15-11-8-12-16-20/h7-16H,3-6,17-18H2,1-2H3. The second-order valence-electron chi connectivity index (χ2n) is 7.12. The number of benzene rings is 2. The van der Waals surface area contributed by atoms with Crippen LogP contribution in [0.15, 0.2) is 60.7 Å². The van der Waals surface area contributed by atoms with Crippen molar-refractivity contribution < 1.29 is 14.6 Å². The third-order valence-corrected chi connectivity index (χ3v) is 5.12. The minimum absolute atomic E-state index is 0.0507. The van der Waals surface area contributed by atoms with Crippen LogP contribution in [0.5, 0.6) is 0 Å². The van der Waals surface area contributed by atoms with Crippen LogP contribution in [0.1, 0.15) is 63.5 Å². The summed E-state index contributed by atoms with van der Waals surface area (Å²) in [5.41, 5.74) is -3.38. The van der Waals surface area contributed by atoms with E-state index < -0.39 is 21.3 Å². The lowest BCUT2D eigenvalue weighted by Crippen LogP contribution is -2.50. The van der Waals surface area contributed by atoms with Gasteiger partial charge in [0.15, 0.2) is 0 Å². The van der Waals surface area contributed by atoms with Crippen LogP contribution in [-0.2, 0) is 16.2 Å². The summed E-state index contributed by atoms with van der Waals surface area (Å²) in [5.74, 6) is 0. The Labute approximate surface area is 171 Å². The van der Waals surface area contributed by atoms with Crippen molar-refractivity contribution in [3.05, 3.63) is 92.0 Å². The van der Waals surface area contributed by atoms with Crippen molar-refractivity contribution in [1.82, 2.24) is 0 Å². The lowest BCUT2D eigenvalue weighted by molar-refractivity contribution is -0.729. The topological polar surface area (TPSA) is 95.5 Å². The van der Waals surface area contributed by atoms with E-state index in [0.717, 1.165) is 0 Å². The second-order valence-corrected chi connectivity index (χ2v) is 7.12. The molecule has 2 atom stereocenters. The maximum absolute atomic E-state index is 12.4. The van der Waals surface area contributed by atoms with Gasteiger partial charge in [-0.1, -0.05) is 63.1 Å². The molecule has 0 saturated heterocycles. The summed E-state index contributed by atoms with van der Waals surface area (Å²) >= 11 is 0. The molecule has 29 heavy (non-hydrogen) atoms. The van der Waals surface area contributed by atoms with Gasteiger partial charge >= 0.3 is 11.4 Å². The Morgan fingerprint density at radius 2 is 1.07 bits per heavy atom. The first-order valence-electron chi connectivity index (χ1n) is 10.0. The lowest BCUT2D eigenvalue weighted by Gasteiger charge is -2.33. The van der Waals surface area contributed by atoms with Gasteiger partial charge < -0.3 is 0 Å². The van der Waals surface area contributed by atoms with Gasteiger partial charge in [0.2, 0.25) is 0 Å². The van der Waals surface area contributed by atoms with E-state index in [1.165, 1.54) is 0 Å². The van der Waals surface area contributed by atoms with Gasteiger partial charge in [-0.15, -0.1) is 0 Å². The van der Waals surface area contributed by atoms with Gasteiger partial charge in [-0.05, 0) is 37.1 Å². The van der Waals surface area contributed by atoms with Crippen molar-refractivity contribution in [3.8, 4) is 0 Å². The minimum Gasteiger partial charge on any atom is -0.261 e. The van der Waals surface area contributed by atoms with E-state index in [2.05, 4.69) is 0 Å². The van der Waals surface area contributed by atoms with Gasteiger partial charge in [-0.25, -0.2) is 4.74 Å². The van der Waals surface area contributed by atoms with E-state index in [0.29, 0.717) is 36.8 Å². The molecule has 0 aliphatic rings. The van der Waals surface area contributed by atoms with Gasteiger partial charge in [0.25, 0.3) is 0 Å². The van der Waals surface area contributed by atoms with Crippen molar-refractivity contribution >= 4 is 0 Å². The van der Waals surface area contributed by atoms with E-state index in [1.807, 2.05) is 13.8 Å². The highest BCUT2D eigenvalue weighted by atomic mass is 16.7. The summed E-state index contributed by atoms with van der Waals surface area (Å²) in [4.78, 5) is 23.8. The molecule has 0 radical (unpaired) electrons. The summed E-state index contributed by atoms with van der Waals surface area (Å²) in [6.45, 7) is 3.84.